The normalized spacial score (nSPS) is 11.7. The molecule has 0 aliphatic rings. The third-order valence-corrected chi connectivity index (χ3v) is 2.92. The van der Waals surface area contributed by atoms with E-state index in [4.69, 9.17) is 10.2 Å². The summed E-state index contributed by atoms with van der Waals surface area (Å²) in [5.41, 5.74) is 0.300. The second kappa shape index (κ2) is 7.22. The van der Waals surface area contributed by atoms with Crippen molar-refractivity contribution < 1.29 is 24.7 Å². The fourth-order valence-corrected chi connectivity index (χ4v) is 1.77. The fourth-order valence-electron chi connectivity index (χ4n) is 1.77. The maximum absolute atomic E-state index is 10.9. The largest absolute Gasteiger partial charge is 0.481 e. The van der Waals surface area contributed by atoms with Gasteiger partial charge >= 0.3 is 11.9 Å². The standard InChI is InChI=1S/C13H16N2O6/c1-9(13(18)19)8-14(6-5-12(16)17)10-3-2-4-11(7-10)15(20)21/h2-4,7,9H,5-6,8H2,1H3,(H,16,17)(H,18,19). The van der Waals surface area contributed by atoms with Gasteiger partial charge in [-0.25, -0.2) is 0 Å². The van der Waals surface area contributed by atoms with Crippen LogP contribution in [-0.2, 0) is 9.59 Å². The van der Waals surface area contributed by atoms with Crippen LogP contribution in [0, 0.1) is 16.0 Å². The van der Waals surface area contributed by atoms with Gasteiger partial charge < -0.3 is 15.1 Å². The second-order valence-corrected chi connectivity index (χ2v) is 4.61. The molecule has 8 nitrogen and oxygen atoms in total. The van der Waals surface area contributed by atoms with Gasteiger partial charge in [0.2, 0.25) is 0 Å². The molecule has 0 spiro atoms. The highest BCUT2D eigenvalue weighted by atomic mass is 16.6. The third-order valence-electron chi connectivity index (χ3n) is 2.92. The van der Waals surface area contributed by atoms with Crippen molar-refractivity contribution >= 4 is 23.3 Å². The summed E-state index contributed by atoms with van der Waals surface area (Å²) >= 11 is 0. The molecule has 0 saturated heterocycles. The molecule has 0 amide bonds. The van der Waals surface area contributed by atoms with Crippen LogP contribution in [0.3, 0.4) is 0 Å². The number of anilines is 1. The van der Waals surface area contributed by atoms with Crippen LogP contribution in [0.25, 0.3) is 0 Å². The molecule has 0 aliphatic carbocycles. The van der Waals surface area contributed by atoms with Gasteiger partial charge in [0.1, 0.15) is 0 Å². The number of nitro groups is 1. The summed E-state index contributed by atoms with van der Waals surface area (Å²) in [5, 5.41) is 28.5. The molecule has 0 radical (unpaired) electrons. The van der Waals surface area contributed by atoms with E-state index in [0.29, 0.717) is 5.69 Å². The van der Waals surface area contributed by atoms with Crippen molar-refractivity contribution in [2.75, 3.05) is 18.0 Å². The Kier molecular flexibility index (Phi) is 5.65. The zero-order chi connectivity index (χ0) is 16.0. The lowest BCUT2D eigenvalue weighted by Crippen LogP contribution is -2.33. The molecule has 21 heavy (non-hydrogen) atoms. The summed E-state index contributed by atoms with van der Waals surface area (Å²) in [5.74, 6) is -2.76. The molecule has 0 bridgehead atoms. The van der Waals surface area contributed by atoms with Crippen LogP contribution in [-0.4, -0.2) is 40.2 Å². The van der Waals surface area contributed by atoms with Crippen LogP contribution in [0.15, 0.2) is 24.3 Å². The van der Waals surface area contributed by atoms with Gasteiger partial charge in [-0.1, -0.05) is 13.0 Å². The first-order valence-electron chi connectivity index (χ1n) is 6.25. The minimum Gasteiger partial charge on any atom is -0.481 e. The number of carboxylic acid groups (broad SMARTS) is 2. The number of rotatable bonds is 8. The van der Waals surface area contributed by atoms with E-state index >= 15 is 0 Å². The molecular formula is C13H16N2O6. The molecule has 8 heteroatoms. The molecule has 0 aliphatic heterocycles. The van der Waals surface area contributed by atoms with Crippen molar-refractivity contribution in [3.8, 4) is 0 Å². The molecule has 1 unspecified atom stereocenters. The Labute approximate surface area is 120 Å². The van der Waals surface area contributed by atoms with E-state index in [1.54, 1.807) is 6.07 Å². The van der Waals surface area contributed by atoms with E-state index in [9.17, 15) is 19.7 Å². The lowest BCUT2D eigenvalue weighted by Gasteiger charge is -2.25. The maximum atomic E-state index is 10.9. The quantitative estimate of drug-likeness (QED) is 0.552. The number of benzene rings is 1. The minimum absolute atomic E-state index is 0.0732. The number of carboxylic acids is 2. The highest BCUT2D eigenvalue weighted by molar-refractivity contribution is 5.71. The van der Waals surface area contributed by atoms with E-state index in [1.165, 1.54) is 30.0 Å². The van der Waals surface area contributed by atoms with E-state index in [0.717, 1.165) is 0 Å². The molecule has 2 N–H and O–H groups in total. The molecule has 1 aromatic rings. The summed E-state index contributed by atoms with van der Waals surface area (Å²) in [6, 6.07) is 5.69. The Hall–Kier alpha value is -2.64. The number of hydrogen-bond acceptors (Lipinski definition) is 5. The van der Waals surface area contributed by atoms with Gasteiger partial charge in [0.15, 0.2) is 0 Å². The van der Waals surface area contributed by atoms with Gasteiger partial charge in [0.05, 0.1) is 17.3 Å². The predicted molar refractivity (Wildman–Crippen MR) is 74.4 cm³/mol. The zero-order valence-electron chi connectivity index (χ0n) is 11.4. The number of non-ortho nitro benzene ring substituents is 1. The zero-order valence-corrected chi connectivity index (χ0v) is 11.4. The van der Waals surface area contributed by atoms with E-state index in [1.807, 2.05) is 0 Å². The molecule has 0 heterocycles. The average molecular weight is 296 g/mol. The number of hydrogen-bond donors (Lipinski definition) is 2. The van der Waals surface area contributed by atoms with Crippen LogP contribution in [0.5, 0.6) is 0 Å². The van der Waals surface area contributed by atoms with Gasteiger partial charge in [-0.05, 0) is 6.07 Å². The van der Waals surface area contributed by atoms with Crippen LogP contribution < -0.4 is 4.90 Å². The van der Waals surface area contributed by atoms with Crippen molar-refractivity contribution in [3.05, 3.63) is 34.4 Å². The van der Waals surface area contributed by atoms with Crippen molar-refractivity contribution in [2.24, 2.45) is 5.92 Å². The third kappa shape index (κ3) is 5.09. The lowest BCUT2D eigenvalue weighted by molar-refractivity contribution is -0.384. The summed E-state index contributed by atoms with van der Waals surface area (Å²) in [6.07, 6.45) is -0.185. The highest BCUT2D eigenvalue weighted by Crippen LogP contribution is 2.22. The predicted octanol–water partition coefficient (Wildman–Crippen LogP) is 1.60. The Morgan fingerprint density at radius 2 is 2.05 bits per heavy atom. The average Bonchev–Trinajstić information content (AvgIpc) is 2.42. The lowest BCUT2D eigenvalue weighted by atomic mass is 10.1. The summed E-state index contributed by atoms with van der Waals surface area (Å²) in [7, 11) is 0. The number of carbonyl (C=O) groups is 2. The topological polar surface area (TPSA) is 121 Å². The van der Waals surface area contributed by atoms with Gasteiger partial charge in [0.25, 0.3) is 5.69 Å². The first-order valence-corrected chi connectivity index (χ1v) is 6.25. The number of nitrogens with zero attached hydrogens (tertiary/aromatic N) is 2. The molecule has 0 saturated carbocycles. The fraction of sp³-hybridized carbons (Fsp3) is 0.385. The van der Waals surface area contributed by atoms with Crippen LogP contribution in [0.4, 0.5) is 11.4 Å². The molecule has 1 rings (SSSR count). The maximum Gasteiger partial charge on any atom is 0.308 e. The Bertz CT molecular complexity index is 545. The van der Waals surface area contributed by atoms with Crippen LogP contribution in [0.1, 0.15) is 13.3 Å². The molecule has 0 fully saturated rings. The summed E-state index contributed by atoms with van der Waals surface area (Å²) < 4.78 is 0. The number of nitro benzene ring substituents is 1. The summed E-state index contributed by atoms with van der Waals surface area (Å²) in [6.45, 7) is 1.64. The molecule has 1 atom stereocenters. The van der Waals surface area contributed by atoms with Crippen molar-refractivity contribution in [2.45, 2.75) is 13.3 Å². The van der Waals surface area contributed by atoms with Crippen LogP contribution >= 0.6 is 0 Å². The van der Waals surface area contributed by atoms with Crippen molar-refractivity contribution in [1.29, 1.82) is 0 Å². The Morgan fingerprint density at radius 3 is 2.57 bits per heavy atom. The molecule has 0 aromatic heterocycles. The van der Waals surface area contributed by atoms with E-state index in [2.05, 4.69) is 0 Å². The van der Waals surface area contributed by atoms with Gasteiger partial charge in [-0.15, -0.1) is 0 Å². The van der Waals surface area contributed by atoms with Gasteiger partial charge in [-0.3, -0.25) is 19.7 Å². The molecule has 1 aromatic carbocycles. The smallest absolute Gasteiger partial charge is 0.308 e. The van der Waals surface area contributed by atoms with E-state index in [-0.39, 0.29) is 25.2 Å². The van der Waals surface area contributed by atoms with Crippen molar-refractivity contribution in [1.82, 2.24) is 0 Å². The first-order chi connectivity index (χ1) is 9.81. The summed E-state index contributed by atoms with van der Waals surface area (Å²) in [4.78, 5) is 33.3. The van der Waals surface area contributed by atoms with Gasteiger partial charge in [0, 0.05) is 30.9 Å². The minimum atomic E-state index is -1.02. The molecule has 114 valence electrons. The van der Waals surface area contributed by atoms with Crippen LogP contribution in [0.2, 0.25) is 0 Å². The van der Waals surface area contributed by atoms with E-state index < -0.39 is 22.8 Å². The monoisotopic (exact) mass is 296 g/mol. The first kappa shape index (κ1) is 16.4. The highest BCUT2D eigenvalue weighted by Gasteiger charge is 2.19. The van der Waals surface area contributed by atoms with Gasteiger partial charge in [-0.2, -0.15) is 0 Å². The Balaban J connectivity index is 2.98. The molecular weight excluding hydrogens is 280 g/mol. The SMILES string of the molecule is CC(CN(CCC(=O)O)c1cccc([N+](=O)[O-])c1)C(=O)O. The Morgan fingerprint density at radius 1 is 1.38 bits per heavy atom. The number of aliphatic carboxylic acids is 2. The second-order valence-electron chi connectivity index (χ2n) is 4.61. The van der Waals surface area contributed by atoms with Crippen molar-refractivity contribution in [3.63, 3.8) is 0 Å².